The number of aromatic nitrogens is 3. The van der Waals surface area contributed by atoms with Crippen molar-refractivity contribution in [3.05, 3.63) is 137 Å². The van der Waals surface area contributed by atoms with Crippen LogP contribution >= 0.6 is 0 Å². The molecule has 0 bridgehead atoms. The summed E-state index contributed by atoms with van der Waals surface area (Å²) in [6, 6.07) is 40.5. The molecule has 3 heterocycles. The van der Waals surface area contributed by atoms with Crippen LogP contribution in [0.15, 0.2) is 109 Å². The van der Waals surface area contributed by atoms with Gasteiger partial charge in [0.05, 0.1) is 45.1 Å². The number of hydrogen-bond acceptors (Lipinski definition) is 2. The maximum Gasteiger partial charge on any atom is 0.0991 e. The van der Waals surface area contributed by atoms with E-state index in [0.717, 1.165) is 44.7 Å². The fraction of sp³-hybridized carbons (Fsp3) is 0.308. The fourth-order valence-corrected chi connectivity index (χ4v) is 8.16. The number of nitriles is 1. The van der Waals surface area contributed by atoms with Crippen LogP contribution in [0.25, 0.3) is 66.2 Å². The van der Waals surface area contributed by atoms with Crippen molar-refractivity contribution in [2.45, 2.75) is 105 Å². The van der Waals surface area contributed by atoms with E-state index in [-0.39, 0.29) is 21.7 Å². The highest BCUT2D eigenvalue weighted by Crippen LogP contribution is 2.42. The van der Waals surface area contributed by atoms with Crippen molar-refractivity contribution in [1.29, 1.82) is 5.26 Å². The Morgan fingerprint density at radius 1 is 0.446 bits per heavy atom. The van der Waals surface area contributed by atoms with Crippen molar-refractivity contribution in [2.75, 3.05) is 0 Å². The van der Waals surface area contributed by atoms with E-state index < -0.39 is 0 Å². The third kappa shape index (κ3) is 6.28. The lowest BCUT2D eigenvalue weighted by Gasteiger charge is -2.19. The van der Waals surface area contributed by atoms with E-state index in [9.17, 15) is 5.26 Å². The highest BCUT2D eigenvalue weighted by molar-refractivity contribution is 6.11. The molecule has 8 rings (SSSR count). The lowest BCUT2D eigenvalue weighted by Crippen LogP contribution is -2.10. The Balaban J connectivity index is 1.39. The van der Waals surface area contributed by atoms with Crippen LogP contribution < -0.4 is 0 Å². The van der Waals surface area contributed by atoms with Gasteiger partial charge < -0.3 is 9.13 Å². The van der Waals surface area contributed by atoms with Gasteiger partial charge in [0.15, 0.2) is 0 Å². The second kappa shape index (κ2) is 12.7. The van der Waals surface area contributed by atoms with E-state index >= 15 is 0 Å². The minimum absolute atomic E-state index is 0.00362. The molecular weight excluding hydrogens is 681 g/mol. The molecule has 0 aliphatic rings. The normalized spacial score (nSPS) is 13.0. The molecule has 0 N–H and O–H groups in total. The van der Waals surface area contributed by atoms with Crippen LogP contribution in [0.2, 0.25) is 0 Å². The van der Waals surface area contributed by atoms with Gasteiger partial charge in [-0.15, -0.1) is 0 Å². The van der Waals surface area contributed by atoms with Gasteiger partial charge in [-0.3, -0.25) is 4.98 Å². The zero-order valence-electron chi connectivity index (χ0n) is 35.2. The van der Waals surface area contributed by atoms with E-state index in [1.165, 1.54) is 43.8 Å². The molecule has 0 saturated heterocycles. The summed E-state index contributed by atoms with van der Waals surface area (Å²) in [7, 11) is 0. The lowest BCUT2D eigenvalue weighted by molar-refractivity contribution is 0.590. The number of hydrogen-bond donors (Lipinski definition) is 0. The SMILES string of the molecule is CC(C)(C)c1ccc2c(c1)c1cc(C(C)(C)C)ccc1n2-c1ccnc(-c2cc(C#N)ccc2-n2c3ccc(C(C)(C)C)cc3c3cc(C(C)(C)C)ccc32)c1. The molecule has 0 amide bonds. The van der Waals surface area contributed by atoms with Crippen LogP contribution in [0.4, 0.5) is 0 Å². The summed E-state index contributed by atoms with van der Waals surface area (Å²) in [5.74, 6) is 0. The Bertz CT molecular complexity index is 2750. The summed E-state index contributed by atoms with van der Waals surface area (Å²) >= 11 is 0. The number of rotatable bonds is 3. The van der Waals surface area contributed by atoms with Crippen LogP contribution in [-0.4, -0.2) is 14.1 Å². The third-order valence-corrected chi connectivity index (χ3v) is 11.6. The van der Waals surface area contributed by atoms with E-state index in [0.29, 0.717) is 5.56 Å². The topological polar surface area (TPSA) is 46.5 Å². The average Bonchev–Trinajstić information content (AvgIpc) is 3.64. The van der Waals surface area contributed by atoms with Crippen LogP contribution in [0.3, 0.4) is 0 Å². The summed E-state index contributed by atoms with van der Waals surface area (Å²) in [5.41, 5.74) is 14.2. The van der Waals surface area contributed by atoms with Crippen LogP contribution in [-0.2, 0) is 21.7 Å². The molecule has 0 atom stereocenters. The quantitative estimate of drug-likeness (QED) is 0.181. The highest BCUT2D eigenvalue weighted by atomic mass is 15.0. The summed E-state index contributed by atoms with van der Waals surface area (Å²) in [4.78, 5) is 5.04. The van der Waals surface area contributed by atoms with E-state index in [4.69, 9.17) is 4.98 Å². The van der Waals surface area contributed by atoms with Gasteiger partial charge in [-0.25, -0.2) is 0 Å². The minimum Gasteiger partial charge on any atom is -0.309 e. The monoisotopic (exact) mass is 734 g/mol. The molecule has 0 fully saturated rings. The van der Waals surface area contributed by atoms with Gasteiger partial charge in [-0.2, -0.15) is 5.26 Å². The number of fused-ring (bicyclic) bond motifs is 6. The maximum absolute atomic E-state index is 10.2. The zero-order chi connectivity index (χ0) is 40.1. The molecule has 5 aromatic carbocycles. The Labute approximate surface area is 332 Å². The molecule has 0 aliphatic heterocycles. The molecule has 56 heavy (non-hydrogen) atoms. The molecule has 0 aliphatic carbocycles. The van der Waals surface area contributed by atoms with E-state index in [1.54, 1.807) is 0 Å². The lowest BCUT2D eigenvalue weighted by atomic mass is 9.85. The van der Waals surface area contributed by atoms with E-state index in [2.05, 4.69) is 189 Å². The van der Waals surface area contributed by atoms with Crippen LogP contribution in [0, 0.1) is 11.3 Å². The number of benzene rings is 5. The Hall–Kier alpha value is -5.66. The second-order valence-electron chi connectivity index (χ2n) is 19.8. The molecule has 282 valence electrons. The molecule has 4 heteroatoms. The Kier molecular flexibility index (Phi) is 8.44. The third-order valence-electron chi connectivity index (χ3n) is 11.6. The molecule has 0 radical (unpaired) electrons. The molecule has 3 aromatic heterocycles. The first-order chi connectivity index (χ1) is 26.2. The Morgan fingerprint density at radius 2 is 0.839 bits per heavy atom. The van der Waals surface area contributed by atoms with Crippen LogP contribution in [0.5, 0.6) is 0 Å². The van der Waals surface area contributed by atoms with Crippen molar-refractivity contribution < 1.29 is 0 Å². The largest absolute Gasteiger partial charge is 0.309 e. The second-order valence-corrected chi connectivity index (χ2v) is 19.8. The summed E-state index contributed by atoms with van der Waals surface area (Å²) in [6.07, 6.45) is 1.91. The smallest absolute Gasteiger partial charge is 0.0991 e. The number of pyridine rings is 1. The summed E-state index contributed by atoms with van der Waals surface area (Å²) < 4.78 is 4.75. The molecular formula is C52H54N4. The molecule has 4 nitrogen and oxygen atoms in total. The number of nitrogens with zero attached hydrogens (tertiary/aromatic N) is 4. The van der Waals surface area contributed by atoms with Gasteiger partial charge in [0.2, 0.25) is 0 Å². The van der Waals surface area contributed by atoms with Crippen molar-refractivity contribution in [3.63, 3.8) is 0 Å². The van der Waals surface area contributed by atoms with Gasteiger partial charge in [0, 0.05) is 39.0 Å². The van der Waals surface area contributed by atoms with Gasteiger partial charge >= 0.3 is 0 Å². The molecule has 0 spiro atoms. The summed E-state index contributed by atoms with van der Waals surface area (Å²) in [5, 5.41) is 15.2. The maximum atomic E-state index is 10.2. The molecule has 0 unspecified atom stereocenters. The van der Waals surface area contributed by atoms with Gasteiger partial charge in [0.25, 0.3) is 0 Å². The van der Waals surface area contributed by atoms with Crippen molar-refractivity contribution in [1.82, 2.24) is 14.1 Å². The van der Waals surface area contributed by atoms with Gasteiger partial charge in [-0.05, 0) is 123 Å². The first-order valence-electron chi connectivity index (χ1n) is 19.9. The molecule has 0 saturated carbocycles. The average molecular weight is 735 g/mol. The predicted molar refractivity (Wildman–Crippen MR) is 238 cm³/mol. The predicted octanol–water partition coefficient (Wildman–Crippen LogP) is 14.0. The first-order valence-corrected chi connectivity index (χ1v) is 19.9. The van der Waals surface area contributed by atoms with Gasteiger partial charge in [0.1, 0.15) is 0 Å². The Morgan fingerprint density at radius 3 is 1.21 bits per heavy atom. The molecule has 8 aromatic rings. The van der Waals surface area contributed by atoms with Crippen LogP contribution in [0.1, 0.15) is 111 Å². The minimum atomic E-state index is 0.00362. The zero-order valence-corrected chi connectivity index (χ0v) is 35.2. The summed E-state index contributed by atoms with van der Waals surface area (Å²) in [6.45, 7) is 27.3. The first kappa shape index (κ1) is 37.3. The van der Waals surface area contributed by atoms with Crippen molar-refractivity contribution in [3.8, 4) is 28.7 Å². The highest BCUT2D eigenvalue weighted by Gasteiger charge is 2.24. The van der Waals surface area contributed by atoms with Crippen molar-refractivity contribution >= 4 is 43.6 Å². The van der Waals surface area contributed by atoms with Gasteiger partial charge in [-0.1, -0.05) is 107 Å². The van der Waals surface area contributed by atoms with Crippen molar-refractivity contribution in [2.24, 2.45) is 0 Å². The van der Waals surface area contributed by atoms with E-state index in [1.807, 2.05) is 18.3 Å². The standard InChI is InChI=1S/C52H54N4/c1-49(2,3)33-14-19-44-38(26-33)39-27-34(50(4,5)6)15-20-45(39)55(44)37-23-24-54-43(30-37)42-25-32(31-53)13-18-48(42)56-46-21-16-35(51(7,8)9)28-40(46)41-29-36(52(10,11)12)17-22-47(41)56/h13-30H,1-12H3. The fourth-order valence-electron chi connectivity index (χ4n) is 8.16.